The minimum Gasteiger partial charge on any atom is -0.368 e. The molecular formula is C10H9N2O3+. The van der Waals surface area contributed by atoms with E-state index in [4.69, 9.17) is 5.73 Å². The lowest BCUT2D eigenvalue weighted by Gasteiger charge is -2.09. The molecule has 15 heavy (non-hydrogen) atoms. The van der Waals surface area contributed by atoms with E-state index in [2.05, 4.69) is 0 Å². The molecule has 1 aromatic rings. The lowest BCUT2D eigenvalue weighted by atomic mass is 10.1. The number of benzene rings is 1. The van der Waals surface area contributed by atoms with Crippen LogP contribution in [0.1, 0.15) is 22.1 Å². The van der Waals surface area contributed by atoms with E-state index in [9.17, 15) is 14.4 Å². The second-order valence-corrected chi connectivity index (χ2v) is 3.21. The van der Waals surface area contributed by atoms with Gasteiger partial charge in [0.1, 0.15) is 6.54 Å². The number of hydrogen-bond acceptors (Lipinski definition) is 3. The Morgan fingerprint density at radius 3 is 2.07 bits per heavy atom. The standard InChI is InChI=1S/C10H8N2O3/c11-8(13)5-12-9(14)6-3-1-2-4-7(6)10(12)15/h1-4H,5H2,(H2,11,13)/p+1. The van der Waals surface area contributed by atoms with E-state index in [0.717, 1.165) is 4.90 Å². The highest BCUT2D eigenvalue weighted by Gasteiger charge is 2.35. The van der Waals surface area contributed by atoms with Crippen molar-refractivity contribution >= 4 is 17.7 Å². The van der Waals surface area contributed by atoms with Crippen LogP contribution in [0.4, 0.5) is 0 Å². The number of carbonyl (C=O) groups excluding carboxylic acids is 3. The van der Waals surface area contributed by atoms with Crippen LogP contribution in [0.2, 0.25) is 0 Å². The summed E-state index contributed by atoms with van der Waals surface area (Å²) in [5.41, 5.74) is 5.59. The SMILES string of the molecule is NC(=O)CN1C(=O)c2ccccc2C1=O.[H+]. The Labute approximate surface area is 87.0 Å². The minimum atomic E-state index is -0.704. The van der Waals surface area contributed by atoms with E-state index in [1.54, 1.807) is 24.3 Å². The van der Waals surface area contributed by atoms with Crippen molar-refractivity contribution in [3.05, 3.63) is 35.4 Å². The topological polar surface area (TPSA) is 80.5 Å². The third kappa shape index (κ3) is 1.38. The molecule has 0 saturated heterocycles. The Morgan fingerprint density at radius 2 is 1.67 bits per heavy atom. The number of fused-ring (bicyclic) bond motifs is 1. The second-order valence-electron chi connectivity index (χ2n) is 3.21. The summed E-state index contributed by atoms with van der Waals surface area (Å²) in [6, 6.07) is 6.43. The highest BCUT2D eigenvalue weighted by atomic mass is 16.2. The van der Waals surface area contributed by atoms with Crippen LogP contribution < -0.4 is 5.73 Å². The van der Waals surface area contributed by atoms with Gasteiger partial charge in [-0.05, 0) is 12.1 Å². The van der Waals surface area contributed by atoms with Crippen molar-refractivity contribution in [1.29, 1.82) is 0 Å². The molecule has 1 aromatic carbocycles. The predicted molar refractivity (Wildman–Crippen MR) is 52.1 cm³/mol. The molecule has 0 fully saturated rings. The van der Waals surface area contributed by atoms with Gasteiger partial charge >= 0.3 is 1.43 Å². The second kappa shape index (κ2) is 3.20. The van der Waals surface area contributed by atoms with Crippen LogP contribution in [0.5, 0.6) is 0 Å². The van der Waals surface area contributed by atoms with E-state index in [1.807, 2.05) is 0 Å². The summed E-state index contributed by atoms with van der Waals surface area (Å²) in [5.74, 6) is -1.63. The molecule has 76 valence electrons. The highest BCUT2D eigenvalue weighted by molar-refractivity contribution is 6.22. The van der Waals surface area contributed by atoms with Crippen LogP contribution >= 0.6 is 0 Å². The van der Waals surface area contributed by atoms with Crippen molar-refractivity contribution < 1.29 is 15.8 Å². The quantitative estimate of drug-likeness (QED) is 0.683. The van der Waals surface area contributed by atoms with Crippen LogP contribution in [-0.2, 0) is 4.79 Å². The molecule has 0 atom stereocenters. The monoisotopic (exact) mass is 205 g/mol. The Hall–Kier alpha value is -2.17. The van der Waals surface area contributed by atoms with Crippen LogP contribution in [-0.4, -0.2) is 29.2 Å². The normalized spacial score (nSPS) is 14.3. The number of carbonyl (C=O) groups is 3. The van der Waals surface area contributed by atoms with Crippen molar-refractivity contribution in [1.82, 2.24) is 4.90 Å². The van der Waals surface area contributed by atoms with Gasteiger partial charge in [0.15, 0.2) is 0 Å². The van der Waals surface area contributed by atoms with Crippen LogP contribution in [0.25, 0.3) is 0 Å². The van der Waals surface area contributed by atoms with Gasteiger partial charge in [-0.15, -0.1) is 0 Å². The van der Waals surface area contributed by atoms with Crippen molar-refractivity contribution in [2.45, 2.75) is 0 Å². The molecule has 5 nitrogen and oxygen atoms in total. The smallest absolute Gasteiger partial charge is 0.368 e. The zero-order valence-corrected chi connectivity index (χ0v) is 7.77. The summed E-state index contributed by atoms with van der Waals surface area (Å²) in [6.45, 7) is -0.369. The molecule has 1 heterocycles. The Bertz CT molecular complexity index is 438. The van der Waals surface area contributed by atoms with Gasteiger partial charge in [0.2, 0.25) is 5.91 Å². The van der Waals surface area contributed by atoms with Crippen molar-refractivity contribution in [2.75, 3.05) is 6.54 Å². The van der Waals surface area contributed by atoms with Gasteiger partial charge in [-0.1, -0.05) is 12.1 Å². The van der Waals surface area contributed by atoms with Gasteiger partial charge in [-0.3, -0.25) is 19.3 Å². The lowest BCUT2D eigenvalue weighted by molar-refractivity contribution is -0.118. The molecule has 2 rings (SSSR count). The lowest BCUT2D eigenvalue weighted by Crippen LogP contribution is -2.37. The average molecular weight is 205 g/mol. The molecule has 0 aromatic heterocycles. The van der Waals surface area contributed by atoms with Gasteiger partial charge < -0.3 is 5.73 Å². The summed E-state index contributed by atoms with van der Waals surface area (Å²) in [5, 5.41) is 0. The molecule has 0 unspecified atom stereocenters. The molecule has 5 heteroatoms. The zero-order chi connectivity index (χ0) is 11.0. The maximum absolute atomic E-state index is 11.6. The predicted octanol–water partition coefficient (Wildman–Crippen LogP) is -0.120. The van der Waals surface area contributed by atoms with Crippen LogP contribution in [0.15, 0.2) is 24.3 Å². The number of rotatable bonds is 2. The molecule has 0 radical (unpaired) electrons. The maximum Gasteiger partial charge on any atom is 1.00 e. The molecule has 1 aliphatic heterocycles. The van der Waals surface area contributed by atoms with Gasteiger partial charge in [-0.2, -0.15) is 0 Å². The first-order chi connectivity index (χ1) is 7.11. The summed E-state index contributed by atoms with van der Waals surface area (Å²) in [7, 11) is 0. The Morgan fingerprint density at radius 1 is 1.20 bits per heavy atom. The third-order valence-corrected chi connectivity index (χ3v) is 2.19. The largest absolute Gasteiger partial charge is 1.00 e. The number of hydrogen-bond donors (Lipinski definition) is 1. The number of nitrogens with two attached hydrogens (primary N) is 1. The molecule has 0 spiro atoms. The number of primary amides is 1. The van der Waals surface area contributed by atoms with E-state index in [0.29, 0.717) is 11.1 Å². The third-order valence-electron chi connectivity index (χ3n) is 2.19. The minimum absolute atomic E-state index is 0. The molecule has 0 bridgehead atoms. The van der Waals surface area contributed by atoms with Crippen LogP contribution in [0.3, 0.4) is 0 Å². The zero-order valence-electron chi connectivity index (χ0n) is 8.77. The Balaban J connectivity index is 0.00000128. The highest BCUT2D eigenvalue weighted by Crippen LogP contribution is 2.21. The summed E-state index contributed by atoms with van der Waals surface area (Å²) >= 11 is 0. The van der Waals surface area contributed by atoms with Gasteiger partial charge in [0.05, 0.1) is 11.1 Å². The number of imide groups is 1. The van der Waals surface area contributed by atoms with Gasteiger partial charge in [0.25, 0.3) is 11.8 Å². The molecular weight excluding hydrogens is 196 g/mol. The fourth-order valence-corrected chi connectivity index (χ4v) is 1.54. The Kier molecular flexibility index (Phi) is 2.00. The van der Waals surface area contributed by atoms with Gasteiger partial charge in [0, 0.05) is 0 Å². The molecule has 0 saturated carbocycles. The van der Waals surface area contributed by atoms with E-state index in [-0.39, 0.29) is 7.97 Å². The van der Waals surface area contributed by atoms with Crippen molar-refractivity contribution in [2.24, 2.45) is 5.73 Å². The first-order valence-corrected chi connectivity index (χ1v) is 4.35. The summed E-state index contributed by atoms with van der Waals surface area (Å²) in [4.78, 5) is 34.8. The fraction of sp³-hybridized carbons (Fsp3) is 0.100. The van der Waals surface area contributed by atoms with E-state index >= 15 is 0 Å². The van der Waals surface area contributed by atoms with E-state index < -0.39 is 17.7 Å². The number of nitrogens with zero attached hydrogens (tertiary/aromatic N) is 1. The molecule has 0 aliphatic carbocycles. The summed E-state index contributed by atoms with van der Waals surface area (Å²) in [6.07, 6.45) is 0. The first-order valence-electron chi connectivity index (χ1n) is 4.35. The van der Waals surface area contributed by atoms with E-state index in [1.165, 1.54) is 0 Å². The molecule has 2 N–H and O–H groups in total. The number of amides is 3. The van der Waals surface area contributed by atoms with Crippen molar-refractivity contribution in [3.63, 3.8) is 0 Å². The van der Waals surface area contributed by atoms with Crippen molar-refractivity contribution in [3.8, 4) is 0 Å². The van der Waals surface area contributed by atoms with Crippen LogP contribution in [0, 0.1) is 0 Å². The molecule has 1 aliphatic rings. The maximum atomic E-state index is 11.6. The molecule has 3 amide bonds. The average Bonchev–Trinajstić information content (AvgIpc) is 2.44. The fourth-order valence-electron chi connectivity index (χ4n) is 1.54. The van der Waals surface area contributed by atoms with Gasteiger partial charge in [-0.25, -0.2) is 0 Å². The first kappa shape index (κ1) is 9.39. The summed E-state index contributed by atoms with van der Waals surface area (Å²) < 4.78 is 0.